The molecule has 0 aromatic carbocycles. The second-order valence-electron chi connectivity index (χ2n) is 4.04. The highest BCUT2D eigenvalue weighted by molar-refractivity contribution is 5.36. The summed E-state index contributed by atoms with van der Waals surface area (Å²) in [5.74, 6) is 6.43. The SMILES string of the molecule is Cn1cc(CCOc2cncc(C#CCN)c2)cn1. The molecule has 98 valence electrons. The van der Waals surface area contributed by atoms with E-state index in [-0.39, 0.29) is 0 Å². The molecular formula is C14H16N4O. The topological polar surface area (TPSA) is 66.0 Å². The van der Waals surface area contributed by atoms with Crippen LogP contribution in [-0.2, 0) is 13.5 Å². The molecule has 0 unspecified atom stereocenters. The smallest absolute Gasteiger partial charge is 0.138 e. The Labute approximate surface area is 112 Å². The zero-order valence-corrected chi connectivity index (χ0v) is 10.8. The van der Waals surface area contributed by atoms with Crippen molar-refractivity contribution in [3.63, 3.8) is 0 Å². The van der Waals surface area contributed by atoms with Crippen molar-refractivity contribution in [2.45, 2.75) is 6.42 Å². The van der Waals surface area contributed by atoms with Crippen molar-refractivity contribution in [2.75, 3.05) is 13.2 Å². The molecule has 0 amide bonds. The Morgan fingerprint density at radius 1 is 1.37 bits per heavy atom. The standard InChI is InChI=1S/C14H16N4O/c1-18-11-13(9-17-18)4-6-19-14-7-12(3-2-5-15)8-16-10-14/h7-11H,4-6,15H2,1H3. The third-order valence-corrected chi connectivity index (χ3v) is 2.47. The van der Waals surface area contributed by atoms with Crippen LogP contribution in [0.15, 0.2) is 30.9 Å². The van der Waals surface area contributed by atoms with Gasteiger partial charge in [-0.15, -0.1) is 0 Å². The maximum atomic E-state index is 5.64. The molecular weight excluding hydrogens is 240 g/mol. The molecule has 0 radical (unpaired) electrons. The quantitative estimate of drug-likeness (QED) is 0.820. The highest BCUT2D eigenvalue weighted by Crippen LogP contribution is 2.11. The highest BCUT2D eigenvalue weighted by Gasteiger charge is 1.99. The van der Waals surface area contributed by atoms with Crippen molar-refractivity contribution in [3.8, 4) is 17.6 Å². The van der Waals surface area contributed by atoms with Gasteiger partial charge in [0.25, 0.3) is 0 Å². The summed E-state index contributed by atoms with van der Waals surface area (Å²) in [4.78, 5) is 4.08. The number of nitrogens with two attached hydrogens (primary N) is 1. The number of rotatable bonds is 4. The molecule has 2 rings (SSSR count). The monoisotopic (exact) mass is 256 g/mol. The van der Waals surface area contributed by atoms with Crippen LogP contribution >= 0.6 is 0 Å². The number of aryl methyl sites for hydroxylation is 1. The zero-order valence-electron chi connectivity index (χ0n) is 10.8. The molecule has 0 aliphatic carbocycles. The van der Waals surface area contributed by atoms with E-state index in [0.29, 0.717) is 18.9 Å². The van der Waals surface area contributed by atoms with Gasteiger partial charge in [0.05, 0.1) is 25.5 Å². The van der Waals surface area contributed by atoms with Crippen molar-refractivity contribution in [1.82, 2.24) is 14.8 Å². The van der Waals surface area contributed by atoms with Crippen LogP contribution < -0.4 is 10.5 Å². The molecule has 0 saturated carbocycles. The Kier molecular flexibility index (Phi) is 4.54. The highest BCUT2D eigenvalue weighted by atomic mass is 16.5. The summed E-state index contributed by atoms with van der Waals surface area (Å²) in [6.45, 7) is 0.924. The van der Waals surface area contributed by atoms with Gasteiger partial charge in [-0.25, -0.2) is 0 Å². The van der Waals surface area contributed by atoms with E-state index in [4.69, 9.17) is 10.5 Å². The molecule has 0 spiro atoms. The van der Waals surface area contributed by atoms with Crippen LogP contribution in [0.3, 0.4) is 0 Å². The van der Waals surface area contributed by atoms with E-state index in [1.165, 1.54) is 0 Å². The summed E-state index contributed by atoms with van der Waals surface area (Å²) in [6, 6.07) is 1.86. The molecule has 0 bridgehead atoms. The van der Waals surface area contributed by atoms with Crippen LogP contribution in [0.2, 0.25) is 0 Å². The van der Waals surface area contributed by atoms with E-state index in [1.54, 1.807) is 17.1 Å². The second-order valence-corrected chi connectivity index (χ2v) is 4.04. The molecule has 0 aliphatic rings. The Balaban J connectivity index is 1.89. The number of aromatic nitrogens is 3. The van der Waals surface area contributed by atoms with Gasteiger partial charge in [0.2, 0.25) is 0 Å². The van der Waals surface area contributed by atoms with E-state index in [1.807, 2.05) is 25.5 Å². The third-order valence-electron chi connectivity index (χ3n) is 2.47. The molecule has 2 aromatic rings. The Morgan fingerprint density at radius 2 is 2.26 bits per heavy atom. The fourth-order valence-electron chi connectivity index (χ4n) is 1.61. The molecule has 2 heterocycles. The third kappa shape index (κ3) is 4.12. The molecule has 0 saturated heterocycles. The predicted octanol–water partition coefficient (Wildman–Crippen LogP) is 0.747. The van der Waals surface area contributed by atoms with Crippen molar-refractivity contribution in [1.29, 1.82) is 0 Å². The lowest BCUT2D eigenvalue weighted by Crippen LogP contribution is -2.01. The molecule has 0 aliphatic heterocycles. The van der Waals surface area contributed by atoms with Crippen molar-refractivity contribution < 1.29 is 4.74 Å². The summed E-state index contributed by atoms with van der Waals surface area (Å²) in [5, 5.41) is 4.11. The molecule has 0 atom stereocenters. The minimum atomic E-state index is 0.339. The molecule has 19 heavy (non-hydrogen) atoms. The summed E-state index contributed by atoms with van der Waals surface area (Å²) >= 11 is 0. The maximum absolute atomic E-state index is 5.64. The molecule has 5 nitrogen and oxygen atoms in total. The summed E-state index contributed by atoms with van der Waals surface area (Å²) in [7, 11) is 1.90. The number of ether oxygens (including phenoxy) is 1. The number of pyridine rings is 1. The van der Waals surface area contributed by atoms with Gasteiger partial charge in [-0.3, -0.25) is 9.67 Å². The lowest BCUT2D eigenvalue weighted by atomic mass is 10.2. The van der Waals surface area contributed by atoms with Gasteiger partial charge in [-0.05, 0) is 11.6 Å². The fraction of sp³-hybridized carbons (Fsp3) is 0.286. The van der Waals surface area contributed by atoms with Crippen molar-refractivity contribution in [3.05, 3.63) is 42.0 Å². The van der Waals surface area contributed by atoms with Gasteiger partial charge in [0, 0.05) is 31.4 Å². The van der Waals surface area contributed by atoms with Gasteiger partial charge < -0.3 is 10.5 Å². The van der Waals surface area contributed by atoms with E-state index in [2.05, 4.69) is 21.9 Å². The fourth-order valence-corrected chi connectivity index (χ4v) is 1.61. The molecule has 0 fully saturated rings. The van der Waals surface area contributed by atoms with Crippen molar-refractivity contribution in [2.24, 2.45) is 12.8 Å². The number of nitrogens with zero attached hydrogens (tertiary/aromatic N) is 3. The van der Waals surface area contributed by atoms with E-state index < -0.39 is 0 Å². The summed E-state index contributed by atoms with van der Waals surface area (Å²) < 4.78 is 7.42. The molecule has 2 N–H and O–H groups in total. The first-order chi connectivity index (χ1) is 9.28. The van der Waals surface area contributed by atoms with Gasteiger partial charge in [0.15, 0.2) is 0 Å². The second kappa shape index (κ2) is 6.57. The van der Waals surface area contributed by atoms with Crippen LogP contribution in [0, 0.1) is 11.8 Å². The Hall–Kier alpha value is -2.32. The van der Waals surface area contributed by atoms with E-state index in [9.17, 15) is 0 Å². The van der Waals surface area contributed by atoms with Crippen LogP contribution in [0.25, 0.3) is 0 Å². The average Bonchev–Trinajstić information content (AvgIpc) is 2.83. The first-order valence-electron chi connectivity index (χ1n) is 6.02. The Bertz CT molecular complexity index is 595. The van der Waals surface area contributed by atoms with Crippen molar-refractivity contribution >= 4 is 0 Å². The first kappa shape index (κ1) is 13.1. The van der Waals surface area contributed by atoms with Gasteiger partial charge >= 0.3 is 0 Å². The zero-order chi connectivity index (χ0) is 13.5. The van der Waals surface area contributed by atoms with Gasteiger partial charge in [0.1, 0.15) is 5.75 Å². The van der Waals surface area contributed by atoms with Gasteiger partial charge in [-0.2, -0.15) is 5.10 Å². The lowest BCUT2D eigenvalue weighted by Gasteiger charge is -2.04. The largest absolute Gasteiger partial charge is 0.492 e. The van der Waals surface area contributed by atoms with Crippen LogP contribution in [0.1, 0.15) is 11.1 Å². The van der Waals surface area contributed by atoms with E-state index >= 15 is 0 Å². The maximum Gasteiger partial charge on any atom is 0.138 e. The van der Waals surface area contributed by atoms with Crippen LogP contribution in [-0.4, -0.2) is 27.9 Å². The number of hydrogen-bond acceptors (Lipinski definition) is 4. The normalized spacial score (nSPS) is 9.79. The lowest BCUT2D eigenvalue weighted by molar-refractivity contribution is 0.320. The Morgan fingerprint density at radius 3 is 3.00 bits per heavy atom. The van der Waals surface area contributed by atoms with Gasteiger partial charge in [-0.1, -0.05) is 11.8 Å². The first-order valence-corrected chi connectivity index (χ1v) is 6.02. The summed E-state index contributed by atoms with van der Waals surface area (Å²) in [5.41, 5.74) is 7.29. The van der Waals surface area contributed by atoms with Crippen LogP contribution in [0.4, 0.5) is 0 Å². The average molecular weight is 256 g/mol. The summed E-state index contributed by atoms with van der Waals surface area (Å²) in [6.07, 6.45) is 8.00. The predicted molar refractivity (Wildman–Crippen MR) is 72.6 cm³/mol. The molecule has 2 aromatic heterocycles. The minimum absolute atomic E-state index is 0.339. The minimum Gasteiger partial charge on any atom is -0.492 e. The number of hydrogen-bond donors (Lipinski definition) is 1. The van der Waals surface area contributed by atoms with Crippen LogP contribution in [0.5, 0.6) is 5.75 Å². The molecule has 5 heteroatoms. The van der Waals surface area contributed by atoms with E-state index in [0.717, 1.165) is 17.5 Å².